The van der Waals surface area contributed by atoms with Gasteiger partial charge in [0, 0.05) is 6.54 Å². The van der Waals surface area contributed by atoms with E-state index in [4.69, 9.17) is 0 Å². The summed E-state index contributed by atoms with van der Waals surface area (Å²) in [5.41, 5.74) is -0.353. The van der Waals surface area contributed by atoms with Crippen molar-refractivity contribution in [2.24, 2.45) is 11.3 Å². The summed E-state index contributed by atoms with van der Waals surface area (Å²) in [6, 6.07) is 3.58. The third-order valence-corrected chi connectivity index (χ3v) is 3.46. The largest absolute Gasteiger partial charge is 0.351 e. The topological polar surface area (TPSA) is 29.1 Å². The molecule has 0 fully saturated rings. The van der Waals surface area contributed by atoms with E-state index in [0.29, 0.717) is 12.5 Å². The minimum Gasteiger partial charge on any atom is -0.351 e. The average molecular weight is 255 g/mol. The lowest BCUT2D eigenvalue weighted by Gasteiger charge is -2.29. The van der Waals surface area contributed by atoms with Crippen molar-refractivity contribution in [2.75, 3.05) is 6.54 Å². The highest BCUT2D eigenvalue weighted by Gasteiger charge is 2.24. The zero-order valence-corrected chi connectivity index (χ0v) is 11.2. The van der Waals surface area contributed by atoms with Crippen LogP contribution in [-0.2, 0) is 0 Å². The van der Waals surface area contributed by atoms with Crippen molar-refractivity contribution in [1.29, 1.82) is 0 Å². The monoisotopic (exact) mass is 255 g/mol. The van der Waals surface area contributed by atoms with Crippen LogP contribution in [0.5, 0.6) is 0 Å². The summed E-state index contributed by atoms with van der Waals surface area (Å²) in [7, 11) is 0. The molecule has 0 saturated carbocycles. The summed E-state index contributed by atoms with van der Waals surface area (Å²) in [6.07, 6.45) is 0. The normalized spacial score (nSPS) is 11.7. The number of benzene rings is 1. The number of hydrogen-bond acceptors (Lipinski definition) is 1. The lowest BCUT2D eigenvalue weighted by molar-refractivity contribution is 0.0919. The molecular formula is C14H19F2NO. The summed E-state index contributed by atoms with van der Waals surface area (Å²) in [4.78, 5) is 11.8. The zero-order valence-electron chi connectivity index (χ0n) is 11.2. The Bertz CT molecular complexity index is 441. The molecule has 1 N–H and O–H groups in total. The van der Waals surface area contributed by atoms with Gasteiger partial charge in [-0.25, -0.2) is 8.78 Å². The van der Waals surface area contributed by atoms with Crippen molar-refractivity contribution in [3.8, 4) is 0 Å². The van der Waals surface area contributed by atoms with Gasteiger partial charge in [-0.15, -0.1) is 0 Å². The number of hydrogen-bond donors (Lipinski definition) is 1. The number of amides is 1. The van der Waals surface area contributed by atoms with Crippen molar-refractivity contribution < 1.29 is 13.6 Å². The van der Waals surface area contributed by atoms with Gasteiger partial charge in [-0.2, -0.15) is 0 Å². The molecule has 4 heteroatoms. The van der Waals surface area contributed by atoms with Gasteiger partial charge >= 0.3 is 0 Å². The van der Waals surface area contributed by atoms with Gasteiger partial charge in [-0.3, -0.25) is 4.79 Å². The van der Waals surface area contributed by atoms with Gasteiger partial charge in [0.2, 0.25) is 0 Å². The van der Waals surface area contributed by atoms with Gasteiger partial charge in [-0.05, 0) is 23.5 Å². The van der Waals surface area contributed by atoms with E-state index in [1.54, 1.807) is 0 Å². The molecular weight excluding hydrogens is 236 g/mol. The Kier molecular flexibility index (Phi) is 4.43. The minimum absolute atomic E-state index is 0.0978. The van der Waals surface area contributed by atoms with E-state index >= 15 is 0 Å². The van der Waals surface area contributed by atoms with Gasteiger partial charge in [-0.1, -0.05) is 33.8 Å². The van der Waals surface area contributed by atoms with E-state index < -0.39 is 17.5 Å². The minimum atomic E-state index is -1.10. The molecule has 1 amide bonds. The first kappa shape index (κ1) is 14.6. The quantitative estimate of drug-likeness (QED) is 0.878. The van der Waals surface area contributed by atoms with Gasteiger partial charge in [0.1, 0.15) is 0 Å². The summed E-state index contributed by atoms with van der Waals surface area (Å²) in [5, 5.41) is 2.64. The van der Waals surface area contributed by atoms with Crippen LogP contribution in [0.4, 0.5) is 8.78 Å². The molecule has 0 bridgehead atoms. The fourth-order valence-corrected chi connectivity index (χ4v) is 1.29. The van der Waals surface area contributed by atoms with Crippen LogP contribution in [-0.4, -0.2) is 12.5 Å². The van der Waals surface area contributed by atoms with E-state index in [0.717, 1.165) is 6.07 Å². The fraction of sp³-hybridized carbons (Fsp3) is 0.500. The lowest BCUT2D eigenvalue weighted by Crippen LogP contribution is -2.37. The van der Waals surface area contributed by atoms with E-state index in [1.165, 1.54) is 12.1 Å². The summed E-state index contributed by atoms with van der Waals surface area (Å²) in [5.74, 6) is -2.32. The van der Waals surface area contributed by atoms with Crippen molar-refractivity contribution in [2.45, 2.75) is 27.7 Å². The van der Waals surface area contributed by atoms with Crippen molar-refractivity contribution >= 4 is 5.91 Å². The van der Waals surface area contributed by atoms with Crippen LogP contribution in [0.1, 0.15) is 38.1 Å². The fourth-order valence-electron chi connectivity index (χ4n) is 1.29. The molecule has 0 heterocycles. The molecule has 0 saturated heterocycles. The van der Waals surface area contributed by atoms with E-state index in [-0.39, 0.29) is 11.0 Å². The molecule has 0 unspecified atom stereocenters. The summed E-state index contributed by atoms with van der Waals surface area (Å²) < 4.78 is 26.4. The van der Waals surface area contributed by atoms with Gasteiger partial charge in [0.15, 0.2) is 11.6 Å². The maximum absolute atomic E-state index is 13.4. The van der Waals surface area contributed by atoms with Crippen LogP contribution in [0.25, 0.3) is 0 Å². The van der Waals surface area contributed by atoms with Crippen molar-refractivity contribution in [3.63, 3.8) is 0 Å². The molecule has 100 valence electrons. The van der Waals surface area contributed by atoms with Crippen molar-refractivity contribution in [3.05, 3.63) is 35.4 Å². The average Bonchev–Trinajstić information content (AvgIpc) is 2.29. The Balaban J connectivity index is 2.75. The Labute approximate surface area is 106 Å². The zero-order chi connectivity index (χ0) is 13.9. The maximum Gasteiger partial charge on any atom is 0.254 e. The Morgan fingerprint density at radius 3 is 2.50 bits per heavy atom. The molecule has 0 atom stereocenters. The van der Waals surface area contributed by atoms with Crippen molar-refractivity contribution in [1.82, 2.24) is 5.32 Å². The molecule has 0 aliphatic rings. The highest BCUT2D eigenvalue weighted by atomic mass is 19.2. The van der Waals surface area contributed by atoms with Crippen LogP contribution >= 0.6 is 0 Å². The van der Waals surface area contributed by atoms with E-state index in [2.05, 4.69) is 19.2 Å². The number of carbonyl (C=O) groups excluding carboxylic acids is 1. The van der Waals surface area contributed by atoms with Gasteiger partial charge < -0.3 is 5.32 Å². The number of carbonyl (C=O) groups is 1. The maximum atomic E-state index is 13.4. The Hall–Kier alpha value is -1.45. The Morgan fingerprint density at radius 1 is 1.33 bits per heavy atom. The third kappa shape index (κ3) is 3.28. The third-order valence-electron chi connectivity index (χ3n) is 3.46. The second-order valence-electron chi connectivity index (χ2n) is 5.43. The molecule has 1 aromatic carbocycles. The summed E-state index contributed by atoms with van der Waals surface area (Å²) in [6.45, 7) is 8.54. The molecule has 0 spiro atoms. The first-order chi connectivity index (χ1) is 8.25. The molecule has 0 radical (unpaired) electrons. The SMILES string of the molecule is CC(C)C(C)(C)CNC(=O)c1cccc(F)c1F. The van der Waals surface area contributed by atoms with Crippen LogP contribution in [0, 0.1) is 23.0 Å². The second-order valence-corrected chi connectivity index (χ2v) is 5.43. The lowest BCUT2D eigenvalue weighted by atomic mass is 9.81. The number of nitrogens with one attached hydrogen (secondary N) is 1. The number of rotatable bonds is 4. The molecule has 0 aromatic heterocycles. The molecule has 18 heavy (non-hydrogen) atoms. The first-order valence-electron chi connectivity index (χ1n) is 5.98. The standard InChI is InChI=1S/C14H19F2NO/c1-9(2)14(3,4)8-17-13(18)10-6-5-7-11(15)12(10)16/h5-7,9H,8H2,1-4H3,(H,17,18). The van der Waals surface area contributed by atoms with Crippen LogP contribution < -0.4 is 5.32 Å². The second kappa shape index (κ2) is 5.46. The first-order valence-corrected chi connectivity index (χ1v) is 5.98. The molecule has 2 nitrogen and oxygen atoms in total. The summed E-state index contributed by atoms with van der Waals surface area (Å²) >= 11 is 0. The highest BCUT2D eigenvalue weighted by molar-refractivity contribution is 5.94. The van der Waals surface area contributed by atoms with Crippen LogP contribution in [0.3, 0.4) is 0 Å². The molecule has 1 aromatic rings. The predicted molar refractivity (Wildman–Crippen MR) is 67.3 cm³/mol. The number of halogens is 2. The van der Waals surface area contributed by atoms with E-state index in [1.807, 2.05) is 13.8 Å². The highest BCUT2D eigenvalue weighted by Crippen LogP contribution is 2.24. The molecule has 1 rings (SSSR count). The molecule has 0 aliphatic heterocycles. The van der Waals surface area contributed by atoms with E-state index in [9.17, 15) is 13.6 Å². The smallest absolute Gasteiger partial charge is 0.254 e. The van der Waals surface area contributed by atoms with Gasteiger partial charge in [0.05, 0.1) is 5.56 Å². The predicted octanol–water partition coefficient (Wildman–Crippen LogP) is 3.38. The Morgan fingerprint density at radius 2 is 1.94 bits per heavy atom. The van der Waals surface area contributed by atoms with Gasteiger partial charge in [0.25, 0.3) is 5.91 Å². The molecule has 0 aliphatic carbocycles. The van der Waals surface area contributed by atoms with Crippen LogP contribution in [0.2, 0.25) is 0 Å². The van der Waals surface area contributed by atoms with Crippen LogP contribution in [0.15, 0.2) is 18.2 Å².